The standard InChI is InChI=1S/C16H18N2O2S2/c1-12-2-4-13(5-3-12)10-14-15(19)18(16(21)22-14)11-17-6-8-20-9-7-17/h2-5,10H,6-9,11H2,1H3/b14-10-. The fourth-order valence-electron chi connectivity index (χ4n) is 2.38. The van der Waals surface area contributed by atoms with Crippen molar-refractivity contribution >= 4 is 40.3 Å². The van der Waals surface area contributed by atoms with Crippen LogP contribution in [0.3, 0.4) is 0 Å². The highest BCUT2D eigenvalue weighted by Gasteiger charge is 2.33. The van der Waals surface area contributed by atoms with Gasteiger partial charge in [-0.25, -0.2) is 0 Å². The summed E-state index contributed by atoms with van der Waals surface area (Å²) < 4.78 is 5.97. The topological polar surface area (TPSA) is 32.8 Å². The Labute approximate surface area is 140 Å². The summed E-state index contributed by atoms with van der Waals surface area (Å²) >= 11 is 6.75. The van der Waals surface area contributed by atoms with Crippen LogP contribution in [0.15, 0.2) is 29.2 Å². The Balaban J connectivity index is 1.71. The minimum atomic E-state index is 0.00191. The van der Waals surface area contributed by atoms with E-state index >= 15 is 0 Å². The lowest BCUT2D eigenvalue weighted by molar-refractivity contribution is -0.124. The zero-order valence-corrected chi connectivity index (χ0v) is 14.1. The third kappa shape index (κ3) is 3.57. The summed E-state index contributed by atoms with van der Waals surface area (Å²) in [6.07, 6.45) is 1.91. The molecule has 22 heavy (non-hydrogen) atoms. The van der Waals surface area contributed by atoms with Crippen LogP contribution in [0, 0.1) is 6.92 Å². The van der Waals surface area contributed by atoms with Crippen LogP contribution in [0.5, 0.6) is 0 Å². The molecular weight excluding hydrogens is 316 g/mol. The molecule has 2 aliphatic rings. The number of nitrogens with zero attached hydrogens (tertiary/aromatic N) is 2. The lowest BCUT2D eigenvalue weighted by Crippen LogP contribution is -2.45. The molecule has 2 heterocycles. The van der Waals surface area contributed by atoms with Gasteiger partial charge in [-0.2, -0.15) is 0 Å². The molecule has 3 rings (SSSR count). The molecule has 1 amide bonds. The average Bonchev–Trinajstić information content (AvgIpc) is 2.78. The SMILES string of the molecule is Cc1ccc(/C=C2\SC(=S)N(CN3CCOCC3)C2=O)cc1. The molecule has 1 aromatic carbocycles. The normalized spacial score (nSPS) is 21.9. The predicted octanol–water partition coefficient (Wildman–Crippen LogP) is 2.49. The van der Waals surface area contributed by atoms with E-state index in [0.717, 1.165) is 18.7 Å². The second-order valence-corrected chi connectivity index (χ2v) is 7.07. The summed E-state index contributed by atoms with van der Waals surface area (Å²) in [7, 11) is 0. The van der Waals surface area contributed by atoms with Crippen LogP contribution in [-0.2, 0) is 9.53 Å². The average molecular weight is 334 g/mol. The van der Waals surface area contributed by atoms with Gasteiger partial charge in [-0.15, -0.1) is 0 Å². The van der Waals surface area contributed by atoms with Crippen LogP contribution >= 0.6 is 24.0 Å². The molecule has 0 radical (unpaired) electrons. The van der Waals surface area contributed by atoms with Crippen molar-refractivity contribution in [2.75, 3.05) is 33.0 Å². The minimum Gasteiger partial charge on any atom is -0.379 e. The summed E-state index contributed by atoms with van der Waals surface area (Å²) in [5, 5.41) is 0. The lowest BCUT2D eigenvalue weighted by Gasteiger charge is -2.29. The van der Waals surface area contributed by atoms with E-state index in [2.05, 4.69) is 4.90 Å². The van der Waals surface area contributed by atoms with Crippen LogP contribution in [0.25, 0.3) is 6.08 Å². The molecule has 0 bridgehead atoms. The van der Waals surface area contributed by atoms with Gasteiger partial charge in [0.15, 0.2) is 0 Å². The minimum absolute atomic E-state index is 0.00191. The summed E-state index contributed by atoms with van der Waals surface area (Å²) in [5.41, 5.74) is 2.23. The largest absolute Gasteiger partial charge is 0.379 e. The number of morpholine rings is 1. The van der Waals surface area contributed by atoms with Gasteiger partial charge in [0.05, 0.1) is 24.8 Å². The van der Waals surface area contributed by atoms with E-state index in [1.807, 2.05) is 37.3 Å². The Morgan fingerprint density at radius 2 is 1.95 bits per heavy atom. The van der Waals surface area contributed by atoms with E-state index < -0.39 is 0 Å². The van der Waals surface area contributed by atoms with Crippen molar-refractivity contribution in [1.29, 1.82) is 0 Å². The van der Waals surface area contributed by atoms with Crippen LogP contribution < -0.4 is 0 Å². The van der Waals surface area contributed by atoms with E-state index in [-0.39, 0.29) is 5.91 Å². The quantitative estimate of drug-likeness (QED) is 0.626. The molecule has 0 N–H and O–H groups in total. The Morgan fingerprint density at radius 3 is 2.64 bits per heavy atom. The predicted molar refractivity (Wildman–Crippen MR) is 93.5 cm³/mol. The van der Waals surface area contributed by atoms with Gasteiger partial charge in [-0.05, 0) is 18.6 Å². The molecule has 116 valence electrons. The first kappa shape index (κ1) is 15.7. The number of hydrogen-bond donors (Lipinski definition) is 0. The van der Waals surface area contributed by atoms with Crippen LogP contribution in [0.2, 0.25) is 0 Å². The Bertz CT molecular complexity index is 607. The highest BCUT2D eigenvalue weighted by Crippen LogP contribution is 2.32. The number of hydrogen-bond acceptors (Lipinski definition) is 5. The van der Waals surface area contributed by atoms with E-state index in [0.29, 0.717) is 29.1 Å². The molecule has 1 aromatic rings. The van der Waals surface area contributed by atoms with Gasteiger partial charge in [0.25, 0.3) is 5.91 Å². The van der Waals surface area contributed by atoms with Gasteiger partial charge in [-0.3, -0.25) is 14.6 Å². The lowest BCUT2D eigenvalue weighted by atomic mass is 10.1. The van der Waals surface area contributed by atoms with Gasteiger partial charge in [-0.1, -0.05) is 53.8 Å². The highest BCUT2D eigenvalue weighted by molar-refractivity contribution is 8.26. The summed E-state index contributed by atoms with van der Waals surface area (Å²) in [5.74, 6) is 0.00191. The number of rotatable bonds is 3. The summed E-state index contributed by atoms with van der Waals surface area (Å²) in [4.78, 5) is 17.1. The molecule has 0 spiro atoms. The van der Waals surface area contributed by atoms with E-state index in [4.69, 9.17) is 17.0 Å². The second-order valence-electron chi connectivity index (χ2n) is 5.39. The van der Waals surface area contributed by atoms with E-state index in [9.17, 15) is 4.79 Å². The molecule has 0 aliphatic carbocycles. The number of thiocarbonyl (C=S) groups is 1. The van der Waals surface area contributed by atoms with Gasteiger partial charge < -0.3 is 4.74 Å². The van der Waals surface area contributed by atoms with Gasteiger partial charge in [0, 0.05) is 13.1 Å². The smallest absolute Gasteiger partial charge is 0.267 e. The molecule has 6 heteroatoms. The molecule has 2 aliphatic heterocycles. The maximum absolute atomic E-state index is 12.6. The van der Waals surface area contributed by atoms with Crippen molar-refractivity contribution in [1.82, 2.24) is 9.80 Å². The fourth-order valence-corrected chi connectivity index (χ4v) is 3.62. The fraction of sp³-hybridized carbons (Fsp3) is 0.375. The molecule has 0 atom stereocenters. The van der Waals surface area contributed by atoms with Crippen LogP contribution in [-0.4, -0.2) is 53.0 Å². The molecule has 2 saturated heterocycles. The Hall–Kier alpha value is -1.21. The maximum atomic E-state index is 12.6. The second kappa shape index (κ2) is 6.91. The number of carbonyl (C=O) groups excluding carboxylic acids is 1. The van der Waals surface area contributed by atoms with Gasteiger partial charge >= 0.3 is 0 Å². The van der Waals surface area contributed by atoms with Crippen LogP contribution in [0.4, 0.5) is 0 Å². The zero-order chi connectivity index (χ0) is 15.5. The Kier molecular flexibility index (Phi) is 4.93. The first-order valence-electron chi connectivity index (χ1n) is 7.25. The molecule has 0 aromatic heterocycles. The first-order chi connectivity index (χ1) is 10.6. The third-order valence-electron chi connectivity index (χ3n) is 3.69. The molecule has 0 unspecified atom stereocenters. The summed E-state index contributed by atoms with van der Waals surface area (Å²) in [6, 6.07) is 8.12. The van der Waals surface area contributed by atoms with Crippen molar-refractivity contribution in [3.63, 3.8) is 0 Å². The van der Waals surface area contributed by atoms with Crippen molar-refractivity contribution in [3.05, 3.63) is 40.3 Å². The monoisotopic (exact) mass is 334 g/mol. The van der Waals surface area contributed by atoms with Gasteiger partial charge in [0.2, 0.25) is 0 Å². The summed E-state index contributed by atoms with van der Waals surface area (Å²) in [6.45, 7) is 5.72. The number of thioether (sulfide) groups is 1. The first-order valence-corrected chi connectivity index (χ1v) is 8.48. The van der Waals surface area contributed by atoms with Gasteiger partial charge in [0.1, 0.15) is 4.32 Å². The zero-order valence-electron chi connectivity index (χ0n) is 12.4. The number of benzene rings is 1. The van der Waals surface area contributed by atoms with Crippen molar-refractivity contribution < 1.29 is 9.53 Å². The molecule has 2 fully saturated rings. The molecule has 0 saturated carbocycles. The molecular formula is C16H18N2O2S2. The van der Waals surface area contributed by atoms with E-state index in [1.54, 1.807) is 4.90 Å². The number of amides is 1. The van der Waals surface area contributed by atoms with Crippen molar-refractivity contribution in [2.45, 2.75) is 6.92 Å². The van der Waals surface area contributed by atoms with Crippen molar-refractivity contribution in [3.8, 4) is 0 Å². The molecule has 4 nitrogen and oxygen atoms in total. The number of carbonyl (C=O) groups is 1. The number of aryl methyl sites for hydroxylation is 1. The highest BCUT2D eigenvalue weighted by atomic mass is 32.2. The number of ether oxygens (including phenoxy) is 1. The third-order valence-corrected chi connectivity index (χ3v) is 5.07. The van der Waals surface area contributed by atoms with Crippen molar-refractivity contribution in [2.24, 2.45) is 0 Å². The van der Waals surface area contributed by atoms with E-state index in [1.165, 1.54) is 17.3 Å². The maximum Gasteiger partial charge on any atom is 0.267 e. The van der Waals surface area contributed by atoms with Crippen LogP contribution in [0.1, 0.15) is 11.1 Å². The Morgan fingerprint density at radius 1 is 1.27 bits per heavy atom.